The van der Waals surface area contributed by atoms with Gasteiger partial charge in [0.05, 0.1) is 0 Å². The van der Waals surface area contributed by atoms with Crippen molar-refractivity contribution < 1.29 is 18.8 Å². The van der Waals surface area contributed by atoms with Gasteiger partial charge in [-0.25, -0.2) is 9.18 Å². The van der Waals surface area contributed by atoms with E-state index in [0.29, 0.717) is 13.1 Å². The molecule has 6 nitrogen and oxygen atoms in total. The van der Waals surface area contributed by atoms with Crippen LogP contribution in [0.4, 0.5) is 9.18 Å². The quantitative estimate of drug-likeness (QED) is 0.854. The molecule has 2 heterocycles. The van der Waals surface area contributed by atoms with Gasteiger partial charge in [-0.3, -0.25) is 14.5 Å². The van der Waals surface area contributed by atoms with E-state index >= 15 is 0 Å². The maximum absolute atomic E-state index is 14.1. The second-order valence-corrected chi connectivity index (χ2v) is 6.37. The minimum atomic E-state index is -1.50. The summed E-state index contributed by atoms with van der Waals surface area (Å²) in [6, 6.07) is 5.15. The normalized spacial score (nSPS) is 24.2. The molecule has 0 radical (unpaired) electrons. The highest BCUT2D eigenvalue weighted by molar-refractivity contribution is 6.09. The van der Waals surface area contributed by atoms with Crippen LogP contribution in [-0.2, 0) is 15.1 Å². The fourth-order valence-corrected chi connectivity index (χ4v) is 3.27. The Labute approximate surface area is 139 Å². The average molecular weight is 333 g/mol. The van der Waals surface area contributed by atoms with Crippen LogP contribution >= 0.6 is 0 Å². The van der Waals surface area contributed by atoms with Crippen LogP contribution in [0.3, 0.4) is 0 Å². The van der Waals surface area contributed by atoms with Crippen molar-refractivity contribution in [2.45, 2.75) is 31.7 Å². The lowest BCUT2D eigenvalue weighted by atomic mass is 9.91. The Bertz CT molecular complexity index is 687. The number of carbonyl (C=O) groups excluding carboxylic acids is 3. The van der Waals surface area contributed by atoms with Crippen molar-refractivity contribution >= 4 is 17.8 Å². The van der Waals surface area contributed by atoms with Crippen molar-refractivity contribution in [1.29, 1.82) is 0 Å². The summed E-state index contributed by atoms with van der Waals surface area (Å²) in [5.41, 5.74) is -1.40. The molecule has 7 heteroatoms. The first-order chi connectivity index (χ1) is 11.4. The lowest BCUT2D eigenvalue weighted by Crippen LogP contribution is -2.46. The fourth-order valence-electron chi connectivity index (χ4n) is 3.27. The summed E-state index contributed by atoms with van der Waals surface area (Å²) in [7, 11) is 0. The van der Waals surface area contributed by atoms with Crippen molar-refractivity contribution in [3.8, 4) is 0 Å². The fraction of sp³-hybridized carbons (Fsp3) is 0.471. The number of carbonyl (C=O) groups is 3. The molecular formula is C17H20FN3O3. The molecule has 1 N–H and O–H groups in total. The molecule has 4 amide bonds. The molecule has 0 saturated carbocycles. The van der Waals surface area contributed by atoms with Crippen LogP contribution in [0.2, 0.25) is 0 Å². The second kappa shape index (κ2) is 6.22. The molecule has 1 atom stereocenters. The van der Waals surface area contributed by atoms with Crippen LogP contribution in [0.1, 0.15) is 31.7 Å². The Morgan fingerprint density at radius 3 is 2.54 bits per heavy atom. The van der Waals surface area contributed by atoms with Gasteiger partial charge in [-0.05, 0) is 32.3 Å². The molecule has 2 aliphatic rings. The summed E-state index contributed by atoms with van der Waals surface area (Å²) in [4.78, 5) is 39.8. The Hall–Kier alpha value is -2.44. The van der Waals surface area contributed by atoms with Gasteiger partial charge >= 0.3 is 6.03 Å². The standard InChI is InChI=1S/C17H20FN3O3/c1-17(12-7-3-4-8-13(12)18)15(23)21(16(24)19-17)11-14(22)20-9-5-2-6-10-20/h3-4,7-8H,2,5-6,9-11H2,1H3,(H,19,24)/t17-/m1/s1. The lowest BCUT2D eigenvalue weighted by molar-refractivity contribution is -0.139. The van der Waals surface area contributed by atoms with Gasteiger partial charge in [0, 0.05) is 18.7 Å². The van der Waals surface area contributed by atoms with Crippen molar-refractivity contribution in [1.82, 2.24) is 15.1 Å². The topological polar surface area (TPSA) is 69.7 Å². The Kier molecular flexibility index (Phi) is 4.26. The van der Waals surface area contributed by atoms with Crippen LogP contribution < -0.4 is 5.32 Å². The number of benzene rings is 1. The summed E-state index contributed by atoms with van der Waals surface area (Å²) in [5, 5.41) is 2.52. The van der Waals surface area contributed by atoms with Gasteiger partial charge in [0.2, 0.25) is 5.91 Å². The average Bonchev–Trinajstić information content (AvgIpc) is 2.80. The molecule has 0 spiro atoms. The van der Waals surface area contributed by atoms with Crippen LogP contribution in [0.5, 0.6) is 0 Å². The van der Waals surface area contributed by atoms with E-state index in [4.69, 9.17) is 0 Å². The number of hydrogen-bond acceptors (Lipinski definition) is 3. The molecular weight excluding hydrogens is 313 g/mol. The van der Waals surface area contributed by atoms with Gasteiger partial charge in [-0.15, -0.1) is 0 Å². The number of nitrogens with zero attached hydrogens (tertiary/aromatic N) is 2. The highest BCUT2D eigenvalue weighted by atomic mass is 19.1. The highest BCUT2D eigenvalue weighted by Gasteiger charge is 2.50. The van der Waals surface area contributed by atoms with Crippen molar-refractivity contribution in [2.75, 3.05) is 19.6 Å². The monoisotopic (exact) mass is 333 g/mol. The molecule has 128 valence electrons. The first kappa shape index (κ1) is 16.4. The molecule has 1 aromatic rings. The van der Waals surface area contributed by atoms with Crippen LogP contribution in [-0.4, -0.2) is 47.3 Å². The summed E-state index contributed by atoms with van der Waals surface area (Å²) in [5.74, 6) is -1.43. The molecule has 0 aromatic heterocycles. The predicted molar refractivity (Wildman–Crippen MR) is 84.4 cm³/mol. The number of imide groups is 1. The lowest BCUT2D eigenvalue weighted by Gasteiger charge is -2.28. The number of amides is 4. The number of hydrogen-bond donors (Lipinski definition) is 1. The number of halogens is 1. The number of urea groups is 1. The van der Waals surface area contributed by atoms with Gasteiger partial charge in [0.15, 0.2) is 0 Å². The molecule has 2 fully saturated rings. The number of nitrogens with one attached hydrogen (secondary N) is 1. The molecule has 1 aromatic carbocycles. The van der Waals surface area contributed by atoms with Crippen molar-refractivity contribution in [3.63, 3.8) is 0 Å². The minimum Gasteiger partial charge on any atom is -0.341 e. The Morgan fingerprint density at radius 1 is 1.21 bits per heavy atom. The summed E-state index contributed by atoms with van der Waals surface area (Å²) in [6.07, 6.45) is 2.94. The van der Waals surface area contributed by atoms with Crippen LogP contribution in [0.15, 0.2) is 24.3 Å². The van der Waals surface area contributed by atoms with E-state index in [1.54, 1.807) is 11.0 Å². The van der Waals surface area contributed by atoms with Gasteiger partial charge in [-0.1, -0.05) is 18.2 Å². The van der Waals surface area contributed by atoms with E-state index in [-0.39, 0.29) is 18.0 Å². The van der Waals surface area contributed by atoms with Gasteiger partial charge in [0.25, 0.3) is 5.91 Å². The molecule has 0 bridgehead atoms. The van der Waals surface area contributed by atoms with Crippen LogP contribution in [0, 0.1) is 5.82 Å². The zero-order valence-electron chi connectivity index (χ0n) is 13.5. The first-order valence-corrected chi connectivity index (χ1v) is 8.10. The Balaban J connectivity index is 1.79. The second-order valence-electron chi connectivity index (χ2n) is 6.37. The molecule has 0 aliphatic carbocycles. The zero-order valence-corrected chi connectivity index (χ0v) is 13.5. The first-order valence-electron chi connectivity index (χ1n) is 8.10. The van der Waals surface area contributed by atoms with Crippen molar-refractivity contribution in [2.24, 2.45) is 0 Å². The van der Waals surface area contributed by atoms with Crippen molar-refractivity contribution in [3.05, 3.63) is 35.6 Å². The van der Waals surface area contributed by atoms with Gasteiger partial charge in [-0.2, -0.15) is 0 Å². The molecule has 2 aliphatic heterocycles. The summed E-state index contributed by atoms with van der Waals surface area (Å²) >= 11 is 0. The maximum atomic E-state index is 14.1. The summed E-state index contributed by atoms with van der Waals surface area (Å²) in [6.45, 7) is 2.44. The van der Waals surface area contributed by atoms with Gasteiger partial charge < -0.3 is 10.2 Å². The molecule has 2 saturated heterocycles. The van der Waals surface area contributed by atoms with Crippen LogP contribution in [0.25, 0.3) is 0 Å². The third-order valence-corrected chi connectivity index (χ3v) is 4.69. The highest BCUT2D eigenvalue weighted by Crippen LogP contribution is 2.30. The van der Waals surface area contributed by atoms with E-state index in [9.17, 15) is 18.8 Å². The van der Waals surface area contributed by atoms with E-state index in [1.807, 2.05) is 0 Å². The maximum Gasteiger partial charge on any atom is 0.325 e. The SMILES string of the molecule is C[C@]1(c2ccccc2F)NC(=O)N(CC(=O)N2CCCCC2)C1=O. The number of likely N-dealkylation sites (tertiary alicyclic amines) is 1. The molecule has 3 rings (SSSR count). The van der Waals surface area contributed by atoms with E-state index < -0.39 is 23.3 Å². The summed E-state index contributed by atoms with van der Waals surface area (Å²) < 4.78 is 14.1. The Morgan fingerprint density at radius 2 is 1.88 bits per heavy atom. The number of rotatable bonds is 3. The third kappa shape index (κ3) is 2.74. The molecule has 0 unspecified atom stereocenters. The van der Waals surface area contributed by atoms with Gasteiger partial charge in [0.1, 0.15) is 17.9 Å². The van der Waals surface area contributed by atoms with E-state index in [0.717, 1.165) is 24.2 Å². The third-order valence-electron chi connectivity index (χ3n) is 4.69. The minimum absolute atomic E-state index is 0.0938. The van der Waals surface area contributed by atoms with E-state index in [2.05, 4.69) is 5.32 Å². The smallest absolute Gasteiger partial charge is 0.325 e. The van der Waals surface area contributed by atoms with E-state index in [1.165, 1.54) is 25.1 Å². The zero-order chi connectivity index (χ0) is 17.3. The number of piperidine rings is 1. The predicted octanol–water partition coefficient (Wildman–Crippen LogP) is 1.61. The largest absolute Gasteiger partial charge is 0.341 e. The molecule has 24 heavy (non-hydrogen) atoms.